The third-order valence-electron chi connectivity index (χ3n) is 4.05. The van der Waals surface area contributed by atoms with Gasteiger partial charge in [0.1, 0.15) is 0 Å². The highest BCUT2D eigenvalue weighted by Gasteiger charge is 2.16. The van der Waals surface area contributed by atoms with E-state index in [9.17, 15) is 9.59 Å². The number of aryl methyl sites for hydroxylation is 2. The molecule has 6 heteroatoms. The molecule has 27 heavy (non-hydrogen) atoms. The minimum absolute atomic E-state index is 0.0525. The minimum atomic E-state index is -0.294. The molecule has 0 radical (unpaired) electrons. The van der Waals surface area contributed by atoms with Crippen molar-refractivity contribution in [1.29, 1.82) is 0 Å². The molecule has 2 aromatic carbocycles. The van der Waals surface area contributed by atoms with Crippen molar-refractivity contribution in [2.75, 3.05) is 32.1 Å². The van der Waals surface area contributed by atoms with Gasteiger partial charge in [-0.15, -0.1) is 0 Å². The van der Waals surface area contributed by atoms with Gasteiger partial charge in [-0.3, -0.25) is 9.59 Å². The number of nitrogens with one attached hydrogen (secondary N) is 1. The van der Waals surface area contributed by atoms with Crippen LogP contribution in [0, 0.1) is 13.8 Å². The molecule has 2 aromatic rings. The van der Waals surface area contributed by atoms with Crippen LogP contribution in [0.3, 0.4) is 0 Å². The molecule has 0 fully saturated rings. The molecule has 1 N–H and O–H groups in total. The van der Waals surface area contributed by atoms with Gasteiger partial charge in [-0.2, -0.15) is 0 Å². The molecular weight excluding hydrogens is 344 g/mol. The zero-order valence-electron chi connectivity index (χ0n) is 16.2. The average Bonchev–Trinajstić information content (AvgIpc) is 2.64. The minimum Gasteiger partial charge on any atom is -0.490 e. The van der Waals surface area contributed by atoms with Crippen LogP contribution >= 0.6 is 0 Å². The van der Waals surface area contributed by atoms with E-state index in [0.717, 1.165) is 16.8 Å². The summed E-state index contributed by atoms with van der Waals surface area (Å²) in [5.41, 5.74) is 2.74. The molecule has 2 amide bonds. The number of para-hydroxylation sites is 3. The van der Waals surface area contributed by atoms with Crippen molar-refractivity contribution >= 4 is 17.5 Å². The summed E-state index contributed by atoms with van der Waals surface area (Å²) in [6.45, 7) is 6.03. The van der Waals surface area contributed by atoms with E-state index in [4.69, 9.17) is 9.47 Å². The van der Waals surface area contributed by atoms with Crippen LogP contribution < -0.4 is 14.8 Å². The van der Waals surface area contributed by atoms with Gasteiger partial charge < -0.3 is 19.7 Å². The van der Waals surface area contributed by atoms with Gasteiger partial charge in [-0.25, -0.2) is 0 Å². The fraction of sp³-hybridized carbons (Fsp3) is 0.333. The van der Waals surface area contributed by atoms with Crippen LogP contribution in [0.25, 0.3) is 0 Å². The number of amides is 2. The first-order valence-electron chi connectivity index (χ1n) is 8.87. The predicted molar refractivity (Wildman–Crippen MR) is 105 cm³/mol. The molecule has 0 aliphatic rings. The highest BCUT2D eigenvalue weighted by Crippen LogP contribution is 2.26. The van der Waals surface area contributed by atoms with Crippen molar-refractivity contribution < 1.29 is 19.1 Å². The zero-order chi connectivity index (χ0) is 19.8. The van der Waals surface area contributed by atoms with Crippen LogP contribution in [-0.4, -0.2) is 43.5 Å². The topological polar surface area (TPSA) is 67.9 Å². The van der Waals surface area contributed by atoms with Crippen molar-refractivity contribution in [3.8, 4) is 11.5 Å². The standard InChI is InChI=1S/C21H26N2O4/c1-5-26-17-11-6-7-12-18(17)27-14-20(25)23(4)13-19(24)22-21-15(2)9-8-10-16(21)3/h6-12H,5,13-14H2,1-4H3,(H,22,24). The number of likely N-dealkylation sites (N-methyl/N-ethyl adjacent to an activating group) is 1. The van der Waals surface area contributed by atoms with E-state index in [0.29, 0.717) is 18.1 Å². The van der Waals surface area contributed by atoms with E-state index < -0.39 is 0 Å². The van der Waals surface area contributed by atoms with E-state index in [2.05, 4.69) is 5.32 Å². The number of benzene rings is 2. The third-order valence-corrected chi connectivity index (χ3v) is 4.05. The van der Waals surface area contributed by atoms with Gasteiger partial charge in [-0.1, -0.05) is 30.3 Å². The molecule has 0 bridgehead atoms. The van der Waals surface area contributed by atoms with Crippen molar-refractivity contribution in [2.45, 2.75) is 20.8 Å². The fourth-order valence-electron chi connectivity index (χ4n) is 2.59. The largest absolute Gasteiger partial charge is 0.490 e. The predicted octanol–water partition coefficient (Wildman–Crippen LogP) is 3.18. The maximum atomic E-state index is 12.3. The van der Waals surface area contributed by atoms with Crippen LogP contribution in [0.5, 0.6) is 11.5 Å². The lowest BCUT2D eigenvalue weighted by Gasteiger charge is -2.19. The quantitative estimate of drug-likeness (QED) is 0.775. The number of rotatable bonds is 8. The number of carbonyl (C=O) groups excluding carboxylic acids is 2. The van der Waals surface area contributed by atoms with Gasteiger partial charge in [0.2, 0.25) is 5.91 Å². The highest BCUT2D eigenvalue weighted by atomic mass is 16.5. The van der Waals surface area contributed by atoms with Gasteiger partial charge in [0.05, 0.1) is 13.2 Å². The van der Waals surface area contributed by atoms with E-state index >= 15 is 0 Å². The molecule has 0 atom stereocenters. The van der Waals surface area contributed by atoms with Crippen LogP contribution in [0.15, 0.2) is 42.5 Å². The second-order valence-corrected chi connectivity index (χ2v) is 6.23. The number of carbonyl (C=O) groups is 2. The van der Waals surface area contributed by atoms with Gasteiger partial charge in [0.15, 0.2) is 18.1 Å². The number of hydrogen-bond acceptors (Lipinski definition) is 4. The number of ether oxygens (including phenoxy) is 2. The summed E-state index contributed by atoms with van der Waals surface area (Å²) in [6.07, 6.45) is 0. The SMILES string of the molecule is CCOc1ccccc1OCC(=O)N(C)CC(=O)Nc1c(C)cccc1C. The third kappa shape index (κ3) is 5.74. The maximum absolute atomic E-state index is 12.3. The summed E-state index contributed by atoms with van der Waals surface area (Å²) in [6, 6.07) is 13.0. The summed E-state index contributed by atoms with van der Waals surface area (Å²) in [7, 11) is 1.57. The molecule has 2 rings (SSSR count). The van der Waals surface area contributed by atoms with Crippen LogP contribution in [0.2, 0.25) is 0 Å². The molecule has 0 unspecified atom stereocenters. The summed E-state index contributed by atoms with van der Waals surface area (Å²) >= 11 is 0. The van der Waals surface area contributed by atoms with Crippen LogP contribution in [-0.2, 0) is 9.59 Å². The number of hydrogen-bond donors (Lipinski definition) is 1. The monoisotopic (exact) mass is 370 g/mol. The Kier molecular flexibility index (Phi) is 7.23. The summed E-state index contributed by atoms with van der Waals surface area (Å²) in [4.78, 5) is 25.9. The first kappa shape index (κ1) is 20.3. The molecule has 0 saturated heterocycles. The van der Waals surface area contributed by atoms with Crippen molar-refractivity contribution in [1.82, 2.24) is 4.90 Å². The highest BCUT2D eigenvalue weighted by molar-refractivity contribution is 5.95. The van der Waals surface area contributed by atoms with Crippen molar-refractivity contribution in [2.24, 2.45) is 0 Å². The van der Waals surface area contributed by atoms with Gasteiger partial charge in [-0.05, 0) is 44.0 Å². The Morgan fingerprint density at radius 2 is 1.56 bits per heavy atom. The molecule has 0 spiro atoms. The lowest BCUT2D eigenvalue weighted by atomic mass is 10.1. The molecular formula is C21H26N2O4. The molecule has 0 saturated carbocycles. The number of nitrogens with zero attached hydrogens (tertiary/aromatic N) is 1. The van der Waals surface area contributed by atoms with Crippen LogP contribution in [0.1, 0.15) is 18.1 Å². The zero-order valence-corrected chi connectivity index (χ0v) is 16.2. The normalized spacial score (nSPS) is 10.2. The Morgan fingerprint density at radius 1 is 0.963 bits per heavy atom. The van der Waals surface area contributed by atoms with Gasteiger partial charge in [0, 0.05) is 12.7 Å². The molecule has 144 valence electrons. The van der Waals surface area contributed by atoms with Crippen molar-refractivity contribution in [3.05, 3.63) is 53.6 Å². The second-order valence-electron chi connectivity index (χ2n) is 6.23. The van der Waals surface area contributed by atoms with Gasteiger partial charge >= 0.3 is 0 Å². The molecule has 0 aliphatic carbocycles. The van der Waals surface area contributed by atoms with Crippen LogP contribution in [0.4, 0.5) is 5.69 Å². The molecule has 0 aromatic heterocycles. The van der Waals surface area contributed by atoms with Gasteiger partial charge in [0.25, 0.3) is 5.91 Å². The Bertz CT molecular complexity index is 784. The Morgan fingerprint density at radius 3 is 2.15 bits per heavy atom. The molecule has 0 heterocycles. The number of anilines is 1. The lowest BCUT2D eigenvalue weighted by Crippen LogP contribution is -2.37. The lowest BCUT2D eigenvalue weighted by molar-refractivity contribution is -0.135. The average molecular weight is 370 g/mol. The molecule has 6 nitrogen and oxygen atoms in total. The first-order valence-corrected chi connectivity index (χ1v) is 8.87. The van der Waals surface area contributed by atoms with E-state index in [1.54, 1.807) is 19.2 Å². The Balaban J connectivity index is 1.89. The van der Waals surface area contributed by atoms with Crippen molar-refractivity contribution in [3.63, 3.8) is 0 Å². The summed E-state index contributed by atoms with van der Waals surface area (Å²) < 4.78 is 11.0. The van der Waals surface area contributed by atoms with E-state index in [1.165, 1.54) is 4.90 Å². The second kappa shape index (κ2) is 9.62. The molecule has 0 aliphatic heterocycles. The Hall–Kier alpha value is -3.02. The summed E-state index contributed by atoms with van der Waals surface area (Å²) in [5.74, 6) is 0.542. The Labute approximate surface area is 160 Å². The first-order chi connectivity index (χ1) is 12.9. The van der Waals surface area contributed by atoms with E-state index in [-0.39, 0.29) is 25.0 Å². The fourth-order valence-corrected chi connectivity index (χ4v) is 2.59. The smallest absolute Gasteiger partial charge is 0.260 e. The van der Waals surface area contributed by atoms with E-state index in [1.807, 2.05) is 51.1 Å². The summed E-state index contributed by atoms with van der Waals surface area (Å²) in [5, 5.41) is 2.87. The maximum Gasteiger partial charge on any atom is 0.260 e.